The summed E-state index contributed by atoms with van der Waals surface area (Å²) < 4.78 is 1.80. The highest BCUT2D eigenvalue weighted by Crippen LogP contribution is 2.30. The van der Waals surface area contributed by atoms with E-state index in [2.05, 4.69) is 25.9 Å². The van der Waals surface area contributed by atoms with Crippen LogP contribution in [0.1, 0.15) is 94.6 Å². The van der Waals surface area contributed by atoms with Crippen LogP contribution in [0.2, 0.25) is 5.02 Å². The quantitative estimate of drug-likeness (QED) is 0.229. The number of carbonyl (C=O) groups excluding carboxylic acids is 2. The Hall–Kier alpha value is -2.71. The minimum absolute atomic E-state index is 0.00580. The number of benzene rings is 1. The molecule has 1 aromatic carbocycles. The minimum Gasteiger partial charge on any atom is -0.336 e. The SMILES string of the molecule is CCCCCCCCC(=O)N1CCN(C(=O)c2cnn(-c3nc(-c4ccc(Cl)cc4)cs3)c2C(C)C)CC1C. The normalized spacial score (nSPS) is 15.8. The summed E-state index contributed by atoms with van der Waals surface area (Å²) in [6, 6.07) is 7.59. The maximum absolute atomic E-state index is 13.7. The van der Waals surface area contributed by atoms with Gasteiger partial charge < -0.3 is 9.80 Å². The van der Waals surface area contributed by atoms with Gasteiger partial charge in [-0.1, -0.05) is 76.6 Å². The van der Waals surface area contributed by atoms with E-state index in [0.717, 1.165) is 34.9 Å². The number of halogens is 1. The van der Waals surface area contributed by atoms with Gasteiger partial charge in [0.2, 0.25) is 11.0 Å². The maximum atomic E-state index is 13.7. The van der Waals surface area contributed by atoms with E-state index in [4.69, 9.17) is 16.6 Å². The second-order valence-corrected chi connectivity index (χ2v) is 12.0. The average Bonchev–Trinajstić information content (AvgIpc) is 3.58. The topological polar surface area (TPSA) is 71.3 Å². The van der Waals surface area contributed by atoms with Crippen molar-refractivity contribution in [3.63, 3.8) is 0 Å². The van der Waals surface area contributed by atoms with Crippen LogP contribution < -0.4 is 0 Å². The predicted molar refractivity (Wildman–Crippen MR) is 159 cm³/mol. The highest BCUT2D eigenvalue weighted by molar-refractivity contribution is 7.12. The van der Waals surface area contributed by atoms with Gasteiger partial charge in [0.25, 0.3) is 5.91 Å². The third-order valence-electron chi connectivity index (χ3n) is 7.38. The Morgan fingerprint density at radius 1 is 1.08 bits per heavy atom. The van der Waals surface area contributed by atoms with Gasteiger partial charge in [-0.05, 0) is 31.4 Å². The van der Waals surface area contributed by atoms with Crippen molar-refractivity contribution in [2.45, 2.75) is 84.6 Å². The van der Waals surface area contributed by atoms with E-state index in [1.807, 2.05) is 46.4 Å². The van der Waals surface area contributed by atoms with Crippen molar-refractivity contribution in [2.24, 2.45) is 0 Å². The van der Waals surface area contributed by atoms with E-state index in [1.54, 1.807) is 10.9 Å². The molecule has 0 aliphatic carbocycles. The second-order valence-electron chi connectivity index (χ2n) is 10.7. The third-order valence-corrected chi connectivity index (χ3v) is 8.44. The van der Waals surface area contributed by atoms with E-state index < -0.39 is 0 Å². The Balaban J connectivity index is 1.41. The van der Waals surface area contributed by atoms with Crippen LogP contribution in [-0.4, -0.2) is 62.1 Å². The fourth-order valence-electron chi connectivity index (χ4n) is 5.23. The molecule has 1 aliphatic rings. The summed E-state index contributed by atoms with van der Waals surface area (Å²) >= 11 is 7.53. The molecule has 0 bridgehead atoms. The van der Waals surface area contributed by atoms with Crippen LogP contribution in [-0.2, 0) is 4.79 Å². The van der Waals surface area contributed by atoms with Gasteiger partial charge in [-0.25, -0.2) is 9.67 Å². The van der Waals surface area contributed by atoms with Gasteiger partial charge in [0.1, 0.15) is 0 Å². The molecule has 0 saturated carbocycles. The lowest BCUT2D eigenvalue weighted by molar-refractivity contribution is -0.135. The molecule has 210 valence electrons. The number of thiazole rings is 1. The number of carbonyl (C=O) groups is 2. The Morgan fingerprint density at radius 3 is 2.49 bits per heavy atom. The predicted octanol–water partition coefficient (Wildman–Crippen LogP) is 7.20. The van der Waals surface area contributed by atoms with Gasteiger partial charge in [-0.2, -0.15) is 5.10 Å². The highest BCUT2D eigenvalue weighted by Gasteiger charge is 2.32. The molecular weight excluding hydrogens is 530 g/mol. The van der Waals surface area contributed by atoms with Crippen molar-refractivity contribution in [1.82, 2.24) is 24.6 Å². The summed E-state index contributed by atoms with van der Waals surface area (Å²) in [7, 11) is 0. The van der Waals surface area contributed by atoms with E-state index in [9.17, 15) is 9.59 Å². The number of aromatic nitrogens is 3. The Labute approximate surface area is 241 Å². The highest BCUT2D eigenvalue weighted by atomic mass is 35.5. The standard InChI is InChI=1S/C30H40ClN5O2S/c1-5-6-7-8-9-10-11-27(37)35-17-16-34(19-22(35)4)29(38)25-18-32-36(28(25)21(2)3)30-33-26(20-39-30)23-12-14-24(31)15-13-23/h12-15,18,20-22H,5-11,16-17,19H2,1-4H3. The fraction of sp³-hybridized carbons (Fsp3) is 0.533. The smallest absolute Gasteiger partial charge is 0.257 e. The Morgan fingerprint density at radius 2 is 1.79 bits per heavy atom. The van der Waals surface area contributed by atoms with E-state index in [-0.39, 0.29) is 23.8 Å². The van der Waals surface area contributed by atoms with Crippen LogP contribution >= 0.6 is 22.9 Å². The number of hydrogen-bond donors (Lipinski definition) is 0. The van der Waals surface area contributed by atoms with Crippen LogP contribution in [0.4, 0.5) is 0 Å². The van der Waals surface area contributed by atoms with Crippen molar-refractivity contribution >= 4 is 34.8 Å². The molecule has 0 radical (unpaired) electrons. The minimum atomic E-state index is -0.0331. The first-order valence-corrected chi connectivity index (χ1v) is 15.4. The van der Waals surface area contributed by atoms with Crippen LogP contribution in [0.25, 0.3) is 16.4 Å². The monoisotopic (exact) mass is 569 g/mol. The van der Waals surface area contributed by atoms with Gasteiger partial charge in [-0.15, -0.1) is 11.3 Å². The lowest BCUT2D eigenvalue weighted by Crippen LogP contribution is -2.55. The Bertz CT molecular complexity index is 1250. The molecule has 3 heterocycles. The summed E-state index contributed by atoms with van der Waals surface area (Å²) in [5.74, 6) is 0.252. The molecule has 1 fully saturated rings. The molecule has 1 atom stereocenters. The molecular formula is C30H40ClN5O2S. The lowest BCUT2D eigenvalue weighted by Gasteiger charge is -2.40. The third kappa shape index (κ3) is 7.09. The van der Waals surface area contributed by atoms with E-state index in [1.165, 1.54) is 37.0 Å². The number of rotatable bonds is 11. The molecule has 3 aromatic rings. The van der Waals surface area contributed by atoms with Crippen LogP contribution in [0.15, 0.2) is 35.8 Å². The molecule has 0 N–H and O–H groups in total. The number of hydrogen-bond acceptors (Lipinski definition) is 5. The molecule has 2 amide bonds. The number of nitrogens with zero attached hydrogens (tertiary/aromatic N) is 5. The number of amides is 2. The molecule has 4 rings (SSSR count). The first-order valence-electron chi connectivity index (χ1n) is 14.2. The van der Waals surface area contributed by atoms with Crippen LogP contribution in [0.3, 0.4) is 0 Å². The first kappa shape index (κ1) is 29.3. The largest absolute Gasteiger partial charge is 0.336 e. The first-order chi connectivity index (χ1) is 18.8. The summed E-state index contributed by atoms with van der Waals surface area (Å²) in [6.07, 6.45) is 9.28. The molecule has 39 heavy (non-hydrogen) atoms. The van der Waals surface area contributed by atoms with Crippen LogP contribution in [0.5, 0.6) is 0 Å². The van der Waals surface area contributed by atoms with Crippen molar-refractivity contribution in [3.05, 3.63) is 52.1 Å². The maximum Gasteiger partial charge on any atom is 0.257 e. The summed E-state index contributed by atoms with van der Waals surface area (Å²) in [5, 5.41) is 8.00. The van der Waals surface area contributed by atoms with E-state index in [0.29, 0.717) is 36.6 Å². The number of piperazine rings is 1. The summed E-state index contributed by atoms with van der Waals surface area (Å²) in [6.45, 7) is 10.0. The van der Waals surface area contributed by atoms with E-state index >= 15 is 0 Å². The van der Waals surface area contributed by atoms with Crippen molar-refractivity contribution < 1.29 is 9.59 Å². The zero-order chi connectivity index (χ0) is 27.9. The molecule has 7 nitrogen and oxygen atoms in total. The average molecular weight is 570 g/mol. The summed E-state index contributed by atoms with van der Waals surface area (Å²) in [4.78, 5) is 35.2. The van der Waals surface area contributed by atoms with Crippen molar-refractivity contribution in [2.75, 3.05) is 19.6 Å². The van der Waals surface area contributed by atoms with Gasteiger partial charge in [0.15, 0.2) is 0 Å². The van der Waals surface area contributed by atoms with Crippen molar-refractivity contribution in [1.29, 1.82) is 0 Å². The molecule has 2 aromatic heterocycles. The van der Waals surface area contributed by atoms with Gasteiger partial charge in [0.05, 0.1) is 23.1 Å². The molecule has 0 spiro atoms. The molecule has 1 unspecified atom stereocenters. The van der Waals surface area contributed by atoms with Gasteiger partial charge in [-0.3, -0.25) is 9.59 Å². The van der Waals surface area contributed by atoms with Gasteiger partial charge in [0, 0.05) is 48.1 Å². The molecule has 9 heteroatoms. The summed E-state index contributed by atoms with van der Waals surface area (Å²) in [5.41, 5.74) is 3.29. The van der Waals surface area contributed by atoms with Crippen LogP contribution in [0, 0.1) is 0 Å². The second kappa shape index (κ2) is 13.6. The molecule has 1 aliphatic heterocycles. The fourth-order valence-corrected chi connectivity index (χ4v) is 6.16. The zero-order valence-electron chi connectivity index (χ0n) is 23.5. The lowest BCUT2D eigenvalue weighted by atomic mass is 10.0. The Kier molecular flexibility index (Phi) is 10.2. The van der Waals surface area contributed by atoms with Gasteiger partial charge >= 0.3 is 0 Å². The number of unbranched alkanes of at least 4 members (excludes halogenated alkanes) is 5. The van der Waals surface area contributed by atoms with Crippen molar-refractivity contribution in [3.8, 4) is 16.4 Å². The zero-order valence-corrected chi connectivity index (χ0v) is 25.1. The molecule has 1 saturated heterocycles.